The van der Waals surface area contributed by atoms with Gasteiger partial charge in [-0.25, -0.2) is 14.4 Å². The van der Waals surface area contributed by atoms with E-state index in [0.29, 0.717) is 0 Å². The molecule has 0 aliphatic carbocycles. The molecule has 8 heteroatoms. The standard InChI is InChI=1S/C18H25NO7/c1-5-23-15(20)14(19-16(21)26-18(2,3)4)12-25-17(22)24-11-13-9-7-6-8-10-13/h6-10,14H,5,11-12H2,1-4H3,(H,19,21)/t14-/m0/s1. The third kappa shape index (κ3) is 8.91. The molecule has 1 rings (SSSR count). The van der Waals surface area contributed by atoms with E-state index in [1.165, 1.54) is 0 Å². The lowest BCUT2D eigenvalue weighted by Crippen LogP contribution is -2.47. The quantitative estimate of drug-likeness (QED) is 0.584. The molecular formula is C18H25NO7. The number of rotatable bonds is 7. The molecule has 0 aromatic heterocycles. The third-order valence-electron chi connectivity index (χ3n) is 2.83. The van der Waals surface area contributed by atoms with Gasteiger partial charge in [0, 0.05) is 0 Å². The van der Waals surface area contributed by atoms with Gasteiger partial charge in [0.1, 0.15) is 18.8 Å². The van der Waals surface area contributed by atoms with E-state index in [0.717, 1.165) is 5.56 Å². The van der Waals surface area contributed by atoms with Crippen molar-refractivity contribution in [3.63, 3.8) is 0 Å². The largest absolute Gasteiger partial charge is 0.508 e. The van der Waals surface area contributed by atoms with Crippen LogP contribution < -0.4 is 5.32 Å². The van der Waals surface area contributed by atoms with Gasteiger partial charge in [-0.15, -0.1) is 0 Å². The van der Waals surface area contributed by atoms with Crippen LogP contribution in [0.1, 0.15) is 33.3 Å². The van der Waals surface area contributed by atoms with Gasteiger partial charge in [-0.05, 0) is 33.3 Å². The normalized spacial score (nSPS) is 11.8. The van der Waals surface area contributed by atoms with Crippen LogP contribution >= 0.6 is 0 Å². The summed E-state index contributed by atoms with van der Waals surface area (Å²) in [5.41, 5.74) is 0.0527. The smallest absolute Gasteiger partial charge is 0.464 e. The lowest BCUT2D eigenvalue weighted by molar-refractivity contribution is -0.146. The van der Waals surface area contributed by atoms with Gasteiger partial charge in [0.2, 0.25) is 0 Å². The summed E-state index contributed by atoms with van der Waals surface area (Å²) in [6, 6.07) is 7.84. The number of hydrogen-bond acceptors (Lipinski definition) is 7. The van der Waals surface area contributed by atoms with Crippen LogP contribution in [-0.2, 0) is 30.3 Å². The van der Waals surface area contributed by atoms with Crippen molar-refractivity contribution in [2.75, 3.05) is 13.2 Å². The third-order valence-corrected chi connectivity index (χ3v) is 2.83. The van der Waals surface area contributed by atoms with Crippen molar-refractivity contribution >= 4 is 18.2 Å². The van der Waals surface area contributed by atoms with E-state index in [1.54, 1.807) is 39.8 Å². The summed E-state index contributed by atoms with van der Waals surface area (Å²) in [5, 5.41) is 2.32. The average Bonchev–Trinajstić information content (AvgIpc) is 2.56. The number of nitrogens with one attached hydrogen (secondary N) is 1. The van der Waals surface area contributed by atoms with Crippen LogP contribution in [0.5, 0.6) is 0 Å². The van der Waals surface area contributed by atoms with Crippen LogP contribution in [0.25, 0.3) is 0 Å². The summed E-state index contributed by atoms with van der Waals surface area (Å²) in [7, 11) is 0. The number of carbonyl (C=O) groups excluding carboxylic acids is 3. The molecule has 144 valence electrons. The molecule has 0 saturated carbocycles. The van der Waals surface area contributed by atoms with Crippen LogP contribution in [0.3, 0.4) is 0 Å². The van der Waals surface area contributed by atoms with Gasteiger partial charge in [0.25, 0.3) is 0 Å². The highest BCUT2D eigenvalue weighted by Gasteiger charge is 2.27. The molecule has 0 fully saturated rings. The SMILES string of the molecule is CCOC(=O)[C@H](COC(=O)OCc1ccccc1)NC(=O)OC(C)(C)C. The summed E-state index contributed by atoms with van der Waals surface area (Å²) in [6.07, 6.45) is -1.79. The van der Waals surface area contributed by atoms with Crippen LogP contribution in [0.4, 0.5) is 9.59 Å². The number of ether oxygens (including phenoxy) is 4. The minimum absolute atomic E-state index is 0.0310. The van der Waals surface area contributed by atoms with Crippen molar-refractivity contribution in [3.05, 3.63) is 35.9 Å². The van der Waals surface area contributed by atoms with Crippen molar-refractivity contribution in [2.24, 2.45) is 0 Å². The Hall–Kier alpha value is -2.77. The fourth-order valence-electron chi connectivity index (χ4n) is 1.77. The Morgan fingerprint density at radius 1 is 1.04 bits per heavy atom. The maximum Gasteiger partial charge on any atom is 0.508 e. The van der Waals surface area contributed by atoms with E-state index < -0.39 is 36.5 Å². The lowest BCUT2D eigenvalue weighted by Gasteiger charge is -2.22. The first kappa shape index (κ1) is 21.3. The van der Waals surface area contributed by atoms with Crippen LogP contribution in [0.15, 0.2) is 30.3 Å². The van der Waals surface area contributed by atoms with E-state index in [9.17, 15) is 14.4 Å². The fraction of sp³-hybridized carbons (Fsp3) is 0.500. The highest BCUT2D eigenvalue weighted by molar-refractivity contribution is 5.81. The summed E-state index contributed by atoms with van der Waals surface area (Å²) < 4.78 is 19.8. The first-order valence-corrected chi connectivity index (χ1v) is 8.21. The Balaban J connectivity index is 2.52. The van der Waals surface area contributed by atoms with Gasteiger partial charge in [-0.1, -0.05) is 30.3 Å². The van der Waals surface area contributed by atoms with Gasteiger partial charge < -0.3 is 24.3 Å². The molecule has 0 radical (unpaired) electrons. The number of esters is 1. The first-order valence-electron chi connectivity index (χ1n) is 8.21. The Kier molecular flexibility index (Phi) is 8.41. The second kappa shape index (κ2) is 10.3. The Labute approximate surface area is 152 Å². The summed E-state index contributed by atoms with van der Waals surface area (Å²) in [5.74, 6) is -0.741. The zero-order valence-electron chi connectivity index (χ0n) is 15.4. The van der Waals surface area contributed by atoms with E-state index in [1.807, 2.05) is 18.2 Å². The molecule has 8 nitrogen and oxygen atoms in total. The molecule has 26 heavy (non-hydrogen) atoms. The number of benzene rings is 1. The Morgan fingerprint density at radius 3 is 2.27 bits per heavy atom. The number of alkyl carbamates (subject to hydrolysis) is 1. The van der Waals surface area contributed by atoms with Crippen molar-refractivity contribution in [3.8, 4) is 0 Å². The number of hydrogen-bond donors (Lipinski definition) is 1. The summed E-state index contributed by atoms with van der Waals surface area (Å²) in [6.45, 7) is 6.38. The molecule has 0 saturated heterocycles. The van der Waals surface area contributed by atoms with Crippen molar-refractivity contribution in [2.45, 2.75) is 45.9 Å². The molecule has 0 bridgehead atoms. The summed E-state index contributed by atoms with van der Waals surface area (Å²) >= 11 is 0. The minimum atomic E-state index is -1.20. The molecule has 0 unspecified atom stereocenters. The Bertz CT molecular complexity index is 595. The minimum Gasteiger partial charge on any atom is -0.464 e. The molecule has 1 N–H and O–H groups in total. The fourth-order valence-corrected chi connectivity index (χ4v) is 1.77. The maximum atomic E-state index is 11.9. The zero-order chi connectivity index (χ0) is 19.6. The molecule has 0 aliphatic heterocycles. The topological polar surface area (TPSA) is 100 Å². The second-order valence-electron chi connectivity index (χ2n) is 6.29. The predicted octanol–water partition coefficient (Wildman–Crippen LogP) is 2.80. The zero-order valence-corrected chi connectivity index (χ0v) is 15.4. The van der Waals surface area contributed by atoms with Crippen molar-refractivity contribution in [1.29, 1.82) is 0 Å². The average molecular weight is 367 g/mol. The Morgan fingerprint density at radius 2 is 1.69 bits per heavy atom. The van der Waals surface area contributed by atoms with Gasteiger partial charge in [-0.2, -0.15) is 0 Å². The molecule has 0 heterocycles. The van der Waals surface area contributed by atoms with Gasteiger partial charge in [-0.3, -0.25) is 0 Å². The highest BCUT2D eigenvalue weighted by Crippen LogP contribution is 2.07. The van der Waals surface area contributed by atoms with E-state index in [-0.39, 0.29) is 13.2 Å². The van der Waals surface area contributed by atoms with Crippen LogP contribution in [0.2, 0.25) is 0 Å². The predicted molar refractivity (Wildman–Crippen MR) is 92.4 cm³/mol. The van der Waals surface area contributed by atoms with Crippen LogP contribution in [-0.4, -0.2) is 43.1 Å². The maximum absolute atomic E-state index is 11.9. The molecule has 1 amide bonds. The van der Waals surface area contributed by atoms with Gasteiger partial charge >= 0.3 is 18.2 Å². The van der Waals surface area contributed by atoms with Crippen molar-refractivity contribution < 1.29 is 33.3 Å². The second-order valence-corrected chi connectivity index (χ2v) is 6.29. The highest BCUT2D eigenvalue weighted by atomic mass is 16.7. The van der Waals surface area contributed by atoms with E-state index >= 15 is 0 Å². The number of carbonyl (C=O) groups is 3. The summed E-state index contributed by atoms with van der Waals surface area (Å²) in [4.78, 5) is 35.4. The molecule has 1 atom stereocenters. The molecule has 0 aliphatic rings. The van der Waals surface area contributed by atoms with E-state index in [4.69, 9.17) is 18.9 Å². The molecular weight excluding hydrogens is 342 g/mol. The lowest BCUT2D eigenvalue weighted by atomic mass is 10.2. The molecule has 1 aromatic carbocycles. The molecule has 1 aromatic rings. The molecule has 0 spiro atoms. The van der Waals surface area contributed by atoms with Gasteiger partial charge in [0.05, 0.1) is 6.61 Å². The monoisotopic (exact) mass is 367 g/mol. The van der Waals surface area contributed by atoms with Crippen LogP contribution in [0, 0.1) is 0 Å². The van der Waals surface area contributed by atoms with E-state index in [2.05, 4.69) is 5.32 Å². The van der Waals surface area contributed by atoms with Gasteiger partial charge in [0.15, 0.2) is 6.04 Å². The first-order chi connectivity index (χ1) is 12.2. The van der Waals surface area contributed by atoms with Crippen molar-refractivity contribution in [1.82, 2.24) is 5.32 Å². The number of amides is 1.